The minimum absolute atomic E-state index is 0.149. The first kappa shape index (κ1) is 18.2. The largest absolute Gasteiger partial charge is 0.465 e. The lowest BCUT2D eigenvalue weighted by atomic mass is 9.70. The number of amides is 1. The van der Waals surface area contributed by atoms with E-state index in [1.54, 1.807) is 0 Å². The molecule has 4 nitrogen and oxygen atoms in total. The van der Waals surface area contributed by atoms with Gasteiger partial charge in [0.2, 0.25) is 0 Å². The quantitative estimate of drug-likeness (QED) is 0.814. The lowest BCUT2D eigenvalue weighted by Crippen LogP contribution is -2.54. The number of hydrogen-bond acceptors (Lipinski definition) is 2. The van der Waals surface area contributed by atoms with Gasteiger partial charge in [-0.15, -0.1) is 0 Å². The summed E-state index contributed by atoms with van der Waals surface area (Å²) in [4.78, 5) is 13.5. The highest BCUT2D eigenvalue weighted by molar-refractivity contribution is 5.67. The molecule has 4 heteroatoms. The predicted octanol–water partition coefficient (Wildman–Crippen LogP) is 5.24. The van der Waals surface area contributed by atoms with Gasteiger partial charge >= 0.3 is 6.09 Å². The Morgan fingerprint density at radius 2 is 1.72 bits per heavy atom. The number of hydrogen-bond donors (Lipinski definition) is 1. The number of rotatable bonds is 3. The standard InChI is InChI=1S/C21H31NO3/c1-20(2)18(25-21(3,4)22(20)19(23)24)17(15-11-7-5-8-12-15)16-13-9-6-10-14-16/h5,7-8,11-12,16-18H,6,9-10,13-14H2,1-4H3,(H,23,24). The smallest absolute Gasteiger partial charge is 0.410 e. The summed E-state index contributed by atoms with van der Waals surface area (Å²) in [5.41, 5.74) is -0.120. The van der Waals surface area contributed by atoms with Crippen molar-refractivity contribution in [1.82, 2.24) is 4.90 Å². The zero-order valence-electron chi connectivity index (χ0n) is 15.9. The first-order valence-corrected chi connectivity index (χ1v) is 9.51. The van der Waals surface area contributed by atoms with Gasteiger partial charge in [-0.1, -0.05) is 49.6 Å². The minimum atomic E-state index is -0.909. The van der Waals surface area contributed by atoms with E-state index in [4.69, 9.17) is 4.74 Å². The third-order valence-electron chi connectivity index (χ3n) is 6.09. The molecule has 1 amide bonds. The Labute approximate surface area is 151 Å². The van der Waals surface area contributed by atoms with Crippen molar-refractivity contribution in [3.8, 4) is 0 Å². The summed E-state index contributed by atoms with van der Waals surface area (Å²) in [7, 11) is 0. The molecule has 0 bridgehead atoms. The Bertz CT molecular complexity index is 605. The third kappa shape index (κ3) is 3.29. The van der Waals surface area contributed by atoms with Gasteiger partial charge in [0.1, 0.15) is 5.72 Å². The molecule has 1 saturated heterocycles. The van der Waals surface area contributed by atoms with Crippen molar-refractivity contribution in [2.24, 2.45) is 5.92 Å². The van der Waals surface area contributed by atoms with Crippen LogP contribution in [0, 0.1) is 5.92 Å². The van der Waals surface area contributed by atoms with E-state index in [1.165, 1.54) is 42.6 Å². The van der Waals surface area contributed by atoms with Crippen LogP contribution < -0.4 is 0 Å². The van der Waals surface area contributed by atoms with Gasteiger partial charge in [-0.25, -0.2) is 4.79 Å². The maximum Gasteiger partial charge on any atom is 0.410 e. The molecule has 1 aliphatic carbocycles. The fourth-order valence-corrected chi connectivity index (χ4v) is 5.18. The maximum absolute atomic E-state index is 12.0. The second kappa shape index (κ2) is 6.64. The summed E-state index contributed by atoms with van der Waals surface area (Å²) in [6.07, 6.45) is 5.16. The summed E-state index contributed by atoms with van der Waals surface area (Å²) >= 11 is 0. The average molecular weight is 345 g/mol. The molecule has 2 unspecified atom stereocenters. The number of carboxylic acid groups (broad SMARTS) is 1. The first-order valence-electron chi connectivity index (χ1n) is 9.51. The van der Waals surface area contributed by atoms with Crippen LogP contribution >= 0.6 is 0 Å². The molecule has 1 aromatic rings. The van der Waals surface area contributed by atoms with E-state index in [1.807, 2.05) is 33.8 Å². The molecule has 1 heterocycles. The lowest BCUT2D eigenvalue weighted by molar-refractivity contribution is -0.0778. The molecule has 1 aromatic carbocycles. The lowest BCUT2D eigenvalue weighted by Gasteiger charge is -2.41. The summed E-state index contributed by atoms with van der Waals surface area (Å²) in [6.45, 7) is 7.76. The zero-order chi connectivity index (χ0) is 18.2. The van der Waals surface area contributed by atoms with E-state index in [-0.39, 0.29) is 12.0 Å². The highest BCUT2D eigenvalue weighted by Gasteiger charge is 2.58. The Hall–Kier alpha value is -1.55. The monoisotopic (exact) mass is 345 g/mol. The second-order valence-corrected chi connectivity index (χ2v) is 8.59. The molecule has 25 heavy (non-hydrogen) atoms. The zero-order valence-corrected chi connectivity index (χ0v) is 15.9. The number of ether oxygens (including phenoxy) is 1. The molecule has 2 atom stereocenters. The SMILES string of the molecule is CC1(C)OC(C(c2ccccc2)C2CCCCC2)C(C)(C)N1C(=O)O. The van der Waals surface area contributed by atoms with Gasteiger partial charge in [0.25, 0.3) is 0 Å². The maximum atomic E-state index is 12.0. The topological polar surface area (TPSA) is 49.8 Å². The minimum Gasteiger partial charge on any atom is -0.465 e. The summed E-state index contributed by atoms with van der Waals surface area (Å²) < 4.78 is 6.45. The van der Waals surface area contributed by atoms with Gasteiger partial charge < -0.3 is 9.84 Å². The molecule has 138 valence electrons. The van der Waals surface area contributed by atoms with E-state index in [2.05, 4.69) is 24.3 Å². The van der Waals surface area contributed by atoms with Gasteiger partial charge in [-0.2, -0.15) is 0 Å². The fourth-order valence-electron chi connectivity index (χ4n) is 5.18. The fraction of sp³-hybridized carbons (Fsp3) is 0.667. The molecule has 2 fully saturated rings. The molecular weight excluding hydrogens is 314 g/mol. The van der Waals surface area contributed by atoms with Gasteiger partial charge in [-0.3, -0.25) is 4.90 Å². The molecular formula is C21H31NO3. The van der Waals surface area contributed by atoms with Crippen LogP contribution in [-0.2, 0) is 4.74 Å². The van der Waals surface area contributed by atoms with Crippen molar-refractivity contribution in [3.05, 3.63) is 35.9 Å². The van der Waals surface area contributed by atoms with Crippen LogP contribution in [0.5, 0.6) is 0 Å². The molecule has 0 spiro atoms. The van der Waals surface area contributed by atoms with Crippen molar-refractivity contribution in [1.29, 1.82) is 0 Å². The predicted molar refractivity (Wildman–Crippen MR) is 98.7 cm³/mol. The van der Waals surface area contributed by atoms with Crippen LogP contribution in [0.15, 0.2) is 30.3 Å². The van der Waals surface area contributed by atoms with Crippen LogP contribution in [-0.4, -0.2) is 33.5 Å². The summed E-state index contributed by atoms with van der Waals surface area (Å²) in [6, 6.07) is 10.5. The van der Waals surface area contributed by atoms with Crippen LogP contribution in [0.3, 0.4) is 0 Å². The Morgan fingerprint density at radius 1 is 1.12 bits per heavy atom. The summed E-state index contributed by atoms with van der Waals surface area (Å²) in [5.74, 6) is 0.769. The summed E-state index contributed by atoms with van der Waals surface area (Å²) in [5, 5.41) is 9.81. The molecule has 0 aromatic heterocycles. The van der Waals surface area contributed by atoms with E-state index in [0.29, 0.717) is 5.92 Å². The van der Waals surface area contributed by atoms with Crippen molar-refractivity contribution in [2.75, 3.05) is 0 Å². The Balaban J connectivity index is 2.02. The first-order chi connectivity index (χ1) is 11.7. The van der Waals surface area contributed by atoms with Crippen molar-refractivity contribution in [3.63, 3.8) is 0 Å². The Kier molecular flexibility index (Phi) is 4.84. The van der Waals surface area contributed by atoms with Crippen LogP contribution in [0.2, 0.25) is 0 Å². The Morgan fingerprint density at radius 3 is 2.24 bits per heavy atom. The molecule has 1 N–H and O–H groups in total. The van der Waals surface area contributed by atoms with Crippen molar-refractivity contribution >= 4 is 6.09 Å². The van der Waals surface area contributed by atoms with Crippen LogP contribution in [0.4, 0.5) is 4.79 Å². The highest BCUT2D eigenvalue weighted by Crippen LogP contribution is 2.50. The molecule has 0 radical (unpaired) electrons. The second-order valence-electron chi connectivity index (χ2n) is 8.59. The molecule has 2 aliphatic rings. The third-order valence-corrected chi connectivity index (χ3v) is 6.09. The number of carbonyl (C=O) groups is 1. The van der Waals surface area contributed by atoms with Crippen molar-refractivity contribution < 1.29 is 14.6 Å². The van der Waals surface area contributed by atoms with E-state index in [9.17, 15) is 9.90 Å². The van der Waals surface area contributed by atoms with Crippen LogP contribution in [0.25, 0.3) is 0 Å². The molecule has 1 saturated carbocycles. The van der Waals surface area contributed by atoms with E-state index in [0.717, 1.165) is 0 Å². The number of nitrogens with zero attached hydrogens (tertiary/aromatic N) is 1. The van der Waals surface area contributed by atoms with E-state index >= 15 is 0 Å². The van der Waals surface area contributed by atoms with Crippen LogP contribution in [0.1, 0.15) is 71.3 Å². The van der Waals surface area contributed by atoms with Gasteiger partial charge in [0, 0.05) is 5.92 Å². The number of benzene rings is 1. The normalized spacial score (nSPS) is 27.2. The van der Waals surface area contributed by atoms with Gasteiger partial charge in [0.05, 0.1) is 11.6 Å². The average Bonchev–Trinajstić information content (AvgIpc) is 2.74. The van der Waals surface area contributed by atoms with Gasteiger partial charge in [-0.05, 0) is 52.0 Å². The van der Waals surface area contributed by atoms with Crippen molar-refractivity contribution in [2.45, 2.75) is 83.1 Å². The molecule has 1 aliphatic heterocycles. The van der Waals surface area contributed by atoms with Gasteiger partial charge in [0.15, 0.2) is 0 Å². The highest BCUT2D eigenvalue weighted by atomic mass is 16.6. The van der Waals surface area contributed by atoms with E-state index < -0.39 is 17.4 Å². The molecule has 3 rings (SSSR count).